The van der Waals surface area contributed by atoms with E-state index < -0.39 is 0 Å². The van der Waals surface area contributed by atoms with Crippen molar-refractivity contribution < 1.29 is 30.5 Å². The third-order valence-electron chi connectivity index (χ3n) is 0.843. The summed E-state index contributed by atoms with van der Waals surface area (Å²) in [7, 11) is 0. The maximum Gasteiger partial charge on any atom is -1.00 e. The quantitative estimate of drug-likeness (QED) is 0.427. The largest absolute Gasteiger partial charge is 1.00 e. The van der Waals surface area contributed by atoms with Crippen molar-refractivity contribution in [2.75, 3.05) is 0 Å². The van der Waals surface area contributed by atoms with Gasteiger partial charge in [-0.05, 0) is 0 Å². The Bertz CT molecular complexity index is 138. The molecule has 0 atom stereocenters. The van der Waals surface area contributed by atoms with Crippen LogP contribution in [0, 0.1) is 0 Å². The van der Waals surface area contributed by atoms with E-state index in [-0.39, 0.29) is 4.70 Å². The van der Waals surface area contributed by atoms with E-state index in [1.165, 1.54) is 3.12 Å². The van der Waals surface area contributed by atoms with Gasteiger partial charge in [0.25, 0.3) is 0 Å². The second-order valence-corrected chi connectivity index (χ2v) is 3.82. The van der Waals surface area contributed by atoms with E-state index in [1.54, 1.807) is 0 Å². The summed E-state index contributed by atoms with van der Waals surface area (Å²) < 4.78 is 1.49. The molecule has 2 heteroatoms. The van der Waals surface area contributed by atoms with Gasteiger partial charge in [0.1, 0.15) is 0 Å². The molecule has 0 aliphatic rings. The Morgan fingerprint density at radius 2 is 1.50 bits per heavy atom. The SMILES string of the molecule is [Cd+][c]1ccccc1.[F-]. The van der Waals surface area contributed by atoms with Crippen molar-refractivity contribution in [2.45, 2.75) is 0 Å². The minimum Gasteiger partial charge on any atom is -1.00 e. The van der Waals surface area contributed by atoms with Crippen molar-refractivity contribution in [3.8, 4) is 0 Å². The summed E-state index contributed by atoms with van der Waals surface area (Å²) >= 11 is 0.970. The van der Waals surface area contributed by atoms with Crippen LogP contribution in [0.4, 0.5) is 0 Å². The molecule has 0 unspecified atom stereocenters. The van der Waals surface area contributed by atoms with Gasteiger partial charge in [0, 0.05) is 0 Å². The molecular formula is C6H5CdF. The molecule has 0 aliphatic heterocycles. The van der Waals surface area contributed by atoms with Crippen LogP contribution in [0.2, 0.25) is 0 Å². The van der Waals surface area contributed by atoms with Gasteiger partial charge in [-0.2, -0.15) is 0 Å². The smallest absolute Gasteiger partial charge is 1.00 e. The number of hydrogen-bond donors (Lipinski definition) is 0. The molecule has 0 N–H and O–H groups in total. The third kappa shape index (κ3) is 2.40. The molecule has 8 heavy (non-hydrogen) atoms. The average molecular weight is 209 g/mol. The number of hydrogen-bond acceptors (Lipinski definition) is 0. The Hall–Kier alpha value is 0.0721. The van der Waals surface area contributed by atoms with E-state index in [2.05, 4.69) is 24.3 Å². The summed E-state index contributed by atoms with van der Waals surface area (Å²) in [6, 6.07) is 10.5. The Balaban J connectivity index is 0.000000490. The van der Waals surface area contributed by atoms with Gasteiger partial charge >= 0.3 is 59.2 Å². The van der Waals surface area contributed by atoms with Gasteiger partial charge in [0.15, 0.2) is 0 Å². The summed E-state index contributed by atoms with van der Waals surface area (Å²) in [5, 5.41) is 0. The van der Waals surface area contributed by atoms with Gasteiger partial charge in [0.2, 0.25) is 0 Å². The van der Waals surface area contributed by atoms with Crippen LogP contribution in [-0.2, 0) is 25.8 Å². The van der Waals surface area contributed by atoms with Crippen molar-refractivity contribution >= 4 is 3.12 Å². The van der Waals surface area contributed by atoms with Crippen LogP contribution in [0.3, 0.4) is 0 Å². The van der Waals surface area contributed by atoms with E-state index in [0.29, 0.717) is 0 Å². The summed E-state index contributed by atoms with van der Waals surface area (Å²) in [6.45, 7) is 0. The fourth-order valence-corrected chi connectivity index (χ4v) is 1.25. The fourth-order valence-electron chi connectivity index (χ4n) is 0.478. The van der Waals surface area contributed by atoms with Crippen LogP contribution in [0.1, 0.15) is 0 Å². The summed E-state index contributed by atoms with van der Waals surface area (Å²) in [6.07, 6.45) is 0. The molecule has 38 valence electrons. The molecule has 0 fully saturated rings. The Morgan fingerprint density at radius 1 is 1.00 bits per heavy atom. The first-order valence-electron chi connectivity index (χ1n) is 2.26. The van der Waals surface area contributed by atoms with E-state index in [0.717, 1.165) is 25.8 Å². The Morgan fingerprint density at radius 3 is 1.75 bits per heavy atom. The monoisotopic (exact) mass is 210 g/mol. The van der Waals surface area contributed by atoms with Crippen molar-refractivity contribution in [3.63, 3.8) is 0 Å². The van der Waals surface area contributed by atoms with Crippen molar-refractivity contribution in [1.82, 2.24) is 0 Å². The zero-order chi connectivity index (χ0) is 5.11. The van der Waals surface area contributed by atoms with Crippen LogP contribution in [0.25, 0.3) is 0 Å². The minimum atomic E-state index is 0. The second kappa shape index (κ2) is 4.00. The maximum absolute atomic E-state index is 2.16. The normalized spacial score (nSPS) is 7.75. The number of rotatable bonds is 0. The minimum absolute atomic E-state index is 0. The van der Waals surface area contributed by atoms with Crippen molar-refractivity contribution in [3.05, 3.63) is 30.3 Å². The number of benzene rings is 1. The molecule has 0 radical (unpaired) electrons. The second-order valence-electron chi connectivity index (χ2n) is 1.49. The maximum atomic E-state index is 2.16. The predicted molar refractivity (Wildman–Crippen MR) is 26.1 cm³/mol. The average Bonchev–Trinajstić information content (AvgIpc) is 1.69. The van der Waals surface area contributed by atoms with Gasteiger partial charge < -0.3 is 4.70 Å². The van der Waals surface area contributed by atoms with Crippen molar-refractivity contribution in [2.24, 2.45) is 0 Å². The van der Waals surface area contributed by atoms with Crippen LogP contribution in [0.15, 0.2) is 30.3 Å². The molecule has 0 spiro atoms. The van der Waals surface area contributed by atoms with Crippen LogP contribution in [0.5, 0.6) is 0 Å². The van der Waals surface area contributed by atoms with E-state index in [1.807, 2.05) is 6.07 Å². The van der Waals surface area contributed by atoms with E-state index >= 15 is 0 Å². The van der Waals surface area contributed by atoms with Crippen LogP contribution >= 0.6 is 0 Å². The first kappa shape index (κ1) is 8.07. The predicted octanol–water partition coefficient (Wildman–Crippen LogP) is -2.14. The van der Waals surface area contributed by atoms with E-state index in [9.17, 15) is 0 Å². The third-order valence-corrected chi connectivity index (χ3v) is 2.19. The molecule has 0 saturated heterocycles. The standard InChI is InChI=1S/C6H5.Cd.FH/c1-2-4-6-5-3-1;;/h1-5H;;1H/q;+1;/p-1. The van der Waals surface area contributed by atoms with Gasteiger partial charge in [-0.3, -0.25) is 0 Å². The van der Waals surface area contributed by atoms with Gasteiger partial charge in [-0.1, -0.05) is 0 Å². The molecule has 1 aromatic carbocycles. The van der Waals surface area contributed by atoms with Crippen LogP contribution in [-0.4, -0.2) is 0 Å². The first-order chi connectivity index (χ1) is 3.39. The molecule has 0 heterocycles. The molecule has 0 bridgehead atoms. The molecule has 0 aromatic heterocycles. The molecular weight excluding hydrogens is 203 g/mol. The van der Waals surface area contributed by atoms with Gasteiger partial charge in [-0.25, -0.2) is 0 Å². The molecule has 1 aromatic rings. The van der Waals surface area contributed by atoms with Crippen LogP contribution < -0.4 is 7.83 Å². The van der Waals surface area contributed by atoms with Gasteiger partial charge in [-0.15, -0.1) is 0 Å². The molecule has 0 saturated carbocycles. The number of halogens is 1. The molecule has 1 rings (SSSR count). The first-order valence-corrected chi connectivity index (χ1v) is 4.28. The zero-order valence-electron chi connectivity index (χ0n) is 4.47. The van der Waals surface area contributed by atoms with E-state index in [4.69, 9.17) is 0 Å². The molecule has 0 amide bonds. The zero-order valence-corrected chi connectivity index (χ0v) is 8.51. The molecule has 0 nitrogen and oxygen atoms in total. The summed E-state index contributed by atoms with van der Waals surface area (Å²) in [4.78, 5) is 0. The summed E-state index contributed by atoms with van der Waals surface area (Å²) in [5.74, 6) is 0. The topological polar surface area (TPSA) is 0 Å². The van der Waals surface area contributed by atoms with Crippen molar-refractivity contribution in [1.29, 1.82) is 0 Å². The molecule has 0 aliphatic carbocycles. The fraction of sp³-hybridized carbons (Fsp3) is 0. The summed E-state index contributed by atoms with van der Waals surface area (Å²) in [5.41, 5.74) is 0. The Labute approximate surface area is 64.0 Å². The Kier molecular flexibility index (Phi) is 4.04. The van der Waals surface area contributed by atoms with Gasteiger partial charge in [0.05, 0.1) is 0 Å².